The summed E-state index contributed by atoms with van der Waals surface area (Å²) >= 11 is 5.58. The van der Waals surface area contributed by atoms with Gasteiger partial charge < -0.3 is 14.5 Å². The van der Waals surface area contributed by atoms with E-state index in [1.165, 1.54) is 30.5 Å². The topological polar surface area (TPSA) is 53.1 Å². The fraction of sp³-hybridized carbons (Fsp3) is 0.292. The first-order valence-corrected chi connectivity index (χ1v) is 10.8. The number of methoxy groups -OCH3 is 1. The van der Waals surface area contributed by atoms with Crippen LogP contribution in [0.2, 0.25) is 0 Å². The van der Waals surface area contributed by atoms with Crippen molar-refractivity contribution in [3.05, 3.63) is 65.4 Å². The summed E-state index contributed by atoms with van der Waals surface area (Å²) in [6.07, 6.45) is 4.23. The van der Waals surface area contributed by atoms with Crippen molar-refractivity contribution in [1.82, 2.24) is 4.90 Å². The van der Waals surface area contributed by atoms with E-state index in [-0.39, 0.29) is 17.6 Å². The smallest absolute Gasteiger partial charge is 0.325 e. The normalized spacial score (nSPS) is 17.7. The number of amides is 1. The van der Waals surface area contributed by atoms with Gasteiger partial charge in [0, 0.05) is 18.8 Å². The number of carbonyl (C=O) groups is 2. The first-order valence-electron chi connectivity index (χ1n) is 10.3. The number of para-hydroxylation sites is 1. The molecule has 0 saturated carbocycles. The molecule has 0 bridgehead atoms. The van der Waals surface area contributed by atoms with Gasteiger partial charge in [-0.25, -0.2) is 0 Å². The van der Waals surface area contributed by atoms with Gasteiger partial charge in [-0.05, 0) is 73.5 Å². The number of ether oxygens (including phenoxy) is 1. The second-order valence-electron chi connectivity index (χ2n) is 7.69. The van der Waals surface area contributed by atoms with Gasteiger partial charge in [0.1, 0.15) is 12.2 Å². The van der Waals surface area contributed by atoms with Crippen molar-refractivity contribution < 1.29 is 14.3 Å². The summed E-state index contributed by atoms with van der Waals surface area (Å²) in [5.41, 5.74) is 4.29. The lowest BCUT2D eigenvalue weighted by atomic mass is 10.1. The zero-order valence-corrected chi connectivity index (χ0v) is 18.5. The van der Waals surface area contributed by atoms with Gasteiger partial charge in [-0.15, -0.1) is 0 Å². The van der Waals surface area contributed by atoms with Gasteiger partial charge in [-0.3, -0.25) is 14.5 Å². The Bertz CT molecular complexity index is 1050. The number of hydrogen-bond donors (Lipinski definition) is 0. The van der Waals surface area contributed by atoms with E-state index in [4.69, 9.17) is 17.0 Å². The standard InChI is InChI=1S/C24H25N3O3S/c1-17-14-18(10-11-20(17)25-12-6-7-13-25)15-21-23(29)27(19-8-4-3-5-9-19)24(31)26(21)16-22(28)30-2/h3-5,8-11,14-15H,6-7,12-13,16H2,1-2H3. The molecular weight excluding hydrogens is 410 g/mol. The predicted molar refractivity (Wildman–Crippen MR) is 126 cm³/mol. The SMILES string of the molecule is COC(=O)CN1C(=S)N(c2ccccc2)C(=O)C1=Cc1ccc(N2CCCC2)c(C)c1. The van der Waals surface area contributed by atoms with Gasteiger partial charge in [-0.2, -0.15) is 0 Å². The van der Waals surface area contributed by atoms with E-state index in [9.17, 15) is 9.59 Å². The fourth-order valence-electron chi connectivity index (χ4n) is 4.07. The third-order valence-corrected chi connectivity index (χ3v) is 6.04. The van der Waals surface area contributed by atoms with Crippen LogP contribution in [-0.2, 0) is 14.3 Å². The highest BCUT2D eigenvalue weighted by Gasteiger charge is 2.40. The molecule has 6 nitrogen and oxygen atoms in total. The minimum atomic E-state index is -0.462. The number of rotatable bonds is 5. The highest BCUT2D eigenvalue weighted by Crippen LogP contribution is 2.30. The number of benzene rings is 2. The number of thiocarbonyl (C=S) groups is 1. The summed E-state index contributed by atoms with van der Waals surface area (Å²) in [4.78, 5) is 30.7. The third kappa shape index (κ3) is 4.18. The molecule has 0 atom stereocenters. The Morgan fingerprint density at radius 3 is 2.48 bits per heavy atom. The summed E-state index contributed by atoms with van der Waals surface area (Å²) in [6.45, 7) is 4.11. The van der Waals surface area contributed by atoms with Crippen molar-refractivity contribution in [2.75, 3.05) is 36.5 Å². The van der Waals surface area contributed by atoms with E-state index in [1.807, 2.05) is 36.4 Å². The molecule has 4 rings (SSSR count). The molecule has 2 aliphatic rings. The van der Waals surface area contributed by atoms with Crippen LogP contribution in [0.1, 0.15) is 24.0 Å². The van der Waals surface area contributed by atoms with Gasteiger partial charge in [0.15, 0.2) is 5.11 Å². The van der Waals surface area contributed by atoms with Gasteiger partial charge in [0.05, 0.1) is 12.8 Å². The molecule has 31 heavy (non-hydrogen) atoms. The Kier molecular flexibility index (Phi) is 6.04. The van der Waals surface area contributed by atoms with Crippen LogP contribution >= 0.6 is 12.2 Å². The molecule has 2 aromatic carbocycles. The number of aryl methyl sites for hydroxylation is 1. The van der Waals surface area contributed by atoms with E-state index in [1.54, 1.807) is 11.0 Å². The highest BCUT2D eigenvalue weighted by atomic mass is 32.1. The van der Waals surface area contributed by atoms with Gasteiger partial charge in [0.2, 0.25) is 0 Å². The lowest BCUT2D eigenvalue weighted by Crippen LogP contribution is -2.35. The highest BCUT2D eigenvalue weighted by molar-refractivity contribution is 7.80. The van der Waals surface area contributed by atoms with Crippen LogP contribution in [0.4, 0.5) is 11.4 Å². The summed E-state index contributed by atoms with van der Waals surface area (Å²) < 4.78 is 4.82. The van der Waals surface area contributed by atoms with Crippen LogP contribution in [0.15, 0.2) is 54.2 Å². The largest absolute Gasteiger partial charge is 0.468 e. The maximum absolute atomic E-state index is 13.3. The molecule has 160 valence electrons. The lowest BCUT2D eigenvalue weighted by molar-refractivity contribution is -0.140. The number of carbonyl (C=O) groups excluding carboxylic acids is 2. The molecule has 7 heteroatoms. The Labute approximate surface area is 187 Å². The first-order chi connectivity index (χ1) is 15.0. The molecule has 0 unspecified atom stereocenters. The minimum Gasteiger partial charge on any atom is -0.468 e. The molecule has 1 amide bonds. The first kappa shape index (κ1) is 21.1. The van der Waals surface area contributed by atoms with Crippen LogP contribution in [0.25, 0.3) is 6.08 Å². The second-order valence-corrected chi connectivity index (χ2v) is 8.06. The molecule has 0 spiro atoms. The minimum absolute atomic E-state index is 0.124. The van der Waals surface area contributed by atoms with Crippen molar-refractivity contribution in [1.29, 1.82) is 0 Å². The lowest BCUT2D eigenvalue weighted by Gasteiger charge is -2.20. The summed E-state index contributed by atoms with van der Waals surface area (Å²) in [5, 5.41) is 0.262. The average molecular weight is 436 g/mol. The zero-order chi connectivity index (χ0) is 22.0. The zero-order valence-electron chi connectivity index (χ0n) is 17.7. The number of nitrogens with zero attached hydrogens (tertiary/aromatic N) is 3. The molecule has 0 aromatic heterocycles. The Hall–Kier alpha value is -3.19. The quantitative estimate of drug-likeness (QED) is 0.405. The van der Waals surface area contributed by atoms with Crippen molar-refractivity contribution in [3.63, 3.8) is 0 Å². The van der Waals surface area contributed by atoms with Crippen molar-refractivity contribution >= 4 is 46.7 Å². The molecule has 2 saturated heterocycles. The van der Waals surface area contributed by atoms with E-state index < -0.39 is 5.97 Å². The maximum Gasteiger partial charge on any atom is 0.325 e. The van der Waals surface area contributed by atoms with E-state index in [0.717, 1.165) is 24.2 Å². The molecule has 2 heterocycles. The predicted octanol–water partition coefficient (Wildman–Crippen LogP) is 3.74. The second kappa shape index (κ2) is 8.89. The van der Waals surface area contributed by atoms with Crippen LogP contribution in [0, 0.1) is 6.92 Å². The molecule has 0 N–H and O–H groups in total. The van der Waals surface area contributed by atoms with Crippen LogP contribution < -0.4 is 9.80 Å². The summed E-state index contributed by atoms with van der Waals surface area (Å²) in [5.74, 6) is -0.724. The molecule has 2 fully saturated rings. The molecular formula is C24H25N3O3S. The monoisotopic (exact) mass is 435 g/mol. The van der Waals surface area contributed by atoms with Crippen molar-refractivity contribution in [2.45, 2.75) is 19.8 Å². The van der Waals surface area contributed by atoms with Crippen LogP contribution in [-0.4, -0.2) is 48.6 Å². The molecule has 0 radical (unpaired) electrons. The van der Waals surface area contributed by atoms with Crippen LogP contribution in [0.3, 0.4) is 0 Å². The Balaban J connectivity index is 1.70. The van der Waals surface area contributed by atoms with Gasteiger partial charge >= 0.3 is 5.97 Å². The van der Waals surface area contributed by atoms with Gasteiger partial charge in [0.25, 0.3) is 5.91 Å². The number of hydrogen-bond acceptors (Lipinski definition) is 5. The molecule has 2 aromatic rings. The fourth-order valence-corrected chi connectivity index (χ4v) is 4.42. The van der Waals surface area contributed by atoms with Crippen molar-refractivity contribution in [3.8, 4) is 0 Å². The number of anilines is 2. The molecule has 0 aliphatic carbocycles. The molecule has 2 aliphatic heterocycles. The van der Waals surface area contributed by atoms with Crippen molar-refractivity contribution in [2.24, 2.45) is 0 Å². The Morgan fingerprint density at radius 1 is 1.13 bits per heavy atom. The maximum atomic E-state index is 13.3. The number of esters is 1. The Morgan fingerprint density at radius 2 is 1.84 bits per heavy atom. The average Bonchev–Trinajstić information content (AvgIpc) is 3.38. The van der Waals surface area contributed by atoms with E-state index >= 15 is 0 Å². The van der Waals surface area contributed by atoms with E-state index in [0.29, 0.717) is 11.4 Å². The summed E-state index contributed by atoms with van der Waals surface area (Å²) in [6, 6.07) is 15.4. The van der Waals surface area contributed by atoms with Crippen LogP contribution in [0.5, 0.6) is 0 Å². The summed E-state index contributed by atoms with van der Waals surface area (Å²) in [7, 11) is 1.32. The third-order valence-electron chi connectivity index (χ3n) is 5.64. The van der Waals surface area contributed by atoms with Gasteiger partial charge in [-0.1, -0.05) is 24.3 Å². The van der Waals surface area contributed by atoms with E-state index in [2.05, 4.69) is 24.0 Å².